The number of anilines is 1. The Morgan fingerprint density at radius 3 is 2.51 bits per heavy atom. The van der Waals surface area contributed by atoms with E-state index in [-0.39, 0.29) is 28.9 Å². The van der Waals surface area contributed by atoms with E-state index in [0.717, 1.165) is 33.7 Å². The van der Waals surface area contributed by atoms with Gasteiger partial charge in [-0.3, -0.25) is 14.6 Å². The summed E-state index contributed by atoms with van der Waals surface area (Å²) in [5, 5.41) is 2.19. The molecule has 2 amide bonds. The van der Waals surface area contributed by atoms with Crippen LogP contribution in [0.15, 0.2) is 59.6 Å². The Kier molecular flexibility index (Phi) is 8.35. The summed E-state index contributed by atoms with van der Waals surface area (Å²) in [7, 11) is -3.71. The molecule has 2 aliphatic heterocycles. The minimum atomic E-state index is -3.71. The summed E-state index contributed by atoms with van der Waals surface area (Å²) in [4.78, 5) is 37.1. The van der Waals surface area contributed by atoms with Crippen LogP contribution in [0, 0.1) is 6.92 Å². The highest BCUT2D eigenvalue weighted by Crippen LogP contribution is 2.25. The number of rotatable bonds is 6. The molecule has 11 heteroatoms. The molecular formula is C28H31ClN4O4S2. The Bertz CT molecular complexity index is 1490. The fraction of sp³-hybridized carbons (Fsp3) is 0.393. The molecule has 1 aromatic heterocycles. The number of pyridine rings is 1. The first-order valence-corrected chi connectivity index (χ1v) is 16.2. The molecule has 2 aromatic carbocycles. The van der Waals surface area contributed by atoms with Crippen LogP contribution in [0.5, 0.6) is 0 Å². The van der Waals surface area contributed by atoms with Crippen LogP contribution in [0.4, 0.5) is 5.69 Å². The van der Waals surface area contributed by atoms with Gasteiger partial charge < -0.3 is 14.7 Å². The number of aromatic nitrogens is 1. The Morgan fingerprint density at radius 2 is 1.74 bits per heavy atom. The number of fused-ring (bicyclic) bond motifs is 1. The molecule has 0 N–H and O–H groups in total. The average molecular weight is 587 g/mol. The first kappa shape index (κ1) is 27.7. The molecule has 2 saturated heterocycles. The van der Waals surface area contributed by atoms with Gasteiger partial charge >= 0.3 is 0 Å². The molecule has 8 nitrogen and oxygen atoms in total. The summed E-state index contributed by atoms with van der Waals surface area (Å²) in [5.41, 5.74) is 1.84. The second-order valence-electron chi connectivity index (χ2n) is 9.86. The van der Waals surface area contributed by atoms with E-state index in [4.69, 9.17) is 11.6 Å². The number of amides is 2. The number of sulfone groups is 1. The highest BCUT2D eigenvalue weighted by Gasteiger charge is 2.38. The van der Waals surface area contributed by atoms with Gasteiger partial charge in [-0.2, -0.15) is 11.8 Å². The normalized spacial score (nSPS) is 18.4. The lowest BCUT2D eigenvalue weighted by molar-refractivity contribution is -0.146. The van der Waals surface area contributed by atoms with Gasteiger partial charge in [-0.25, -0.2) is 8.42 Å². The third-order valence-corrected chi connectivity index (χ3v) is 10.2. The van der Waals surface area contributed by atoms with Gasteiger partial charge in [0.25, 0.3) is 0 Å². The Labute approximate surface area is 238 Å². The van der Waals surface area contributed by atoms with Gasteiger partial charge in [-0.15, -0.1) is 0 Å². The zero-order valence-corrected chi connectivity index (χ0v) is 24.1. The predicted octanol–water partition coefficient (Wildman–Crippen LogP) is 3.65. The summed E-state index contributed by atoms with van der Waals surface area (Å²) in [6.45, 7) is 4.47. The van der Waals surface area contributed by atoms with Crippen molar-refractivity contribution in [3.05, 3.63) is 65.4 Å². The topological polar surface area (TPSA) is 90.9 Å². The first-order valence-electron chi connectivity index (χ1n) is 13.0. The van der Waals surface area contributed by atoms with Gasteiger partial charge in [-0.1, -0.05) is 23.7 Å². The number of carbonyl (C=O) groups excluding carboxylic acids is 2. The molecule has 3 aromatic rings. The van der Waals surface area contributed by atoms with Gasteiger partial charge in [0.1, 0.15) is 6.04 Å². The van der Waals surface area contributed by atoms with Gasteiger partial charge in [0.2, 0.25) is 11.8 Å². The lowest BCUT2D eigenvalue weighted by Crippen LogP contribution is -2.62. The molecule has 0 bridgehead atoms. The van der Waals surface area contributed by atoms with Crippen molar-refractivity contribution >= 4 is 61.5 Å². The lowest BCUT2D eigenvalue weighted by Gasteiger charge is -2.43. The van der Waals surface area contributed by atoms with Crippen molar-refractivity contribution in [2.45, 2.75) is 24.3 Å². The Hall–Kier alpha value is -2.82. The first-order chi connectivity index (χ1) is 18.7. The monoisotopic (exact) mass is 586 g/mol. The van der Waals surface area contributed by atoms with Gasteiger partial charge in [0.15, 0.2) is 9.84 Å². The van der Waals surface area contributed by atoms with E-state index in [0.29, 0.717) is 37.7 Å². The smallest absolute Gasteiger partial charge is 0.247 e. The lowest BCUT2D eigenvalue weighted by atomic mass is 10.1. The highest BCUT2D eigenvalue weighted by atomic mass is 35.5. The maximum absolute atomic E-state index is 13.6. The van der Waals surface area contributed by atoms with Gasteiger partial charge in [-0.05, 0) is 54.1 Å². The molecule has 0 saturated carbocycles. The number of benzene rings is 2. The number of carbonyl (C=O) groups is 2. The number of hydrogen-bond donors (Lipinski definition) is 0. The van der Waals surface area contributed by atoms with E-state index in [9.17, 15) is 18.0 Å². The van der Waals surface area contributed by atoms with Crippen LogP contribution in [0.1, 0.15) is 12.1 Å². The van der Waals surface area contributed by atoms with Gasteiger partial charge in [0, 0.05) is 73.3 Å². The van der Waals surface area contributed by atoms with Crippen LogP contribution >= 0.6 is 23.4 Å². The van der Waals surface area contributed by atoms with Crippen LogP contribution in [0.25, 0.3) is 10.8 Å². The van der Waals surface area contributed by atoms with Crippen LogP contribution < -0.4 is 4.90 Å². The number of hydrogen-bond acceptors (Lipinski definition) is 7. The van der Waals surface area contributed by atoms with E-state index in [1.807, 2.05) is 35.7 Å². The van der Waals surface area contributed by atoms with Crippen molar-refractivity contribution in [2.75, 3.05) is 54.9 Å². The fourth-order valence-electron chi connectivity index (χ4n) is 5.12. The van der Waals surface area contributed by atoms with Crippen molar-refractivity contribution < 1.29 is 18.0 Å². The number of halogens is 1. The zero-order chi connectivity index (χ0) is 27.6. The average Bonchev–Trinajstić information content (AvgIpc) is 2.95. The molecule has 0 spiro atoms. The molecule has 39 heavy (non-hydrogen) atoms. The zero-order valence-electron chi connectivity index (χ0n) is 21.8. The van der Waals surface area contributed by atoms with Crippen LogP contribution in [-0.4, -0.2) is 91.0 Å². The molecule has 3 heterocycles. The molecule has 206 valence electrons. The van der Waals surface area contributed by atoms with Crippen molar-refractivity contribution in [1.29, 1.82) is 0 Å². The second kappa shape index (κ2) is 11.7. The molecule has 2 fully saturated rings. The van der Waals surface area contributed by atoms with Crippen molar-refractivity contribution in [3.8, 4) is 0 Å². The Balaban J connectivity index is 1.32. The predicted molar refractivity (Wildman–Crippen MR) is 156 cm³/mol. The van der Waals surface area contributed by atoms with Crippen LogP contribution in [0.3, 0.4) is 0 Å². The molecule has 1 atom stereocenters. The van der Waals surface area contributed by atoms with Gasteiger partial charge in [0.05, 0.1) is 10.6 Å². The highest BCUT2D eigenvalue weighted by molar-refractivity contribution is 7.99. The van der Waals surface area contributed by atoms with E-state index in [1.54, 1.807) is 47.5 Å². The van der Waals surface area contributed by atoms with Crippen LogP contribution in [0.2, 0.25) is 5.02 Å². The number of aryl methyl sites for hydroxylation is 1. The number of piperazine rings is 1. The summed E-state index contributed by atoms with van der Waals surface area (Å²) >= 11 is 7.86. The quantitative estimate of drug-likeness (QED) is 0.435. The molecule has 2 aliphatic rings. The summed E-state index contributed by atoms with van der Waals surface area (Å²) in [5.74, 6) is 1.03. The standard InChI is InChI=1S/C28H31ClN4O4S2/c1-20-16-24(6-8-30-20)32-9-10-33(26(19-32)28(35)31-11-13-38-14-12-31)27(34)7-15-39(36,37)25-5-3-21-17-23(29)4-2-22(21)18-25/h2-6,8,16-18,26H,7,9-15,19H2,1H3. The van der Waals surface area contributed by atoms with E-state index in [1.165, 1.54) is 0 Å². The SMILES string of the molecule is Cc1cc(N2CCN(C(=O)CCS(=O)(=O)c3ccc4cc(Cl)ccc4c3)C(C(=O)N3CCSCC3)C2)ccn1. The number of thioether (sulfide) groups is 1. The van der Waals surface area contributed by atoms with E-state index in [2.05, 4.69) is 9.88 Å². The minimum absolute atomic E-state index is 0.0739. The Morgan fingerprint density at radius 1 is 1.00 bits per heavy atom. The summed E-state index contributed by atoms with van der Waals surface area (Å²) in [6.07, 6.45) is 1.56. The minimum Gasteiger partial charge on any atom is -0.367 e. The molecule has 0 aliphatic carbocycles. The maximum Gasteiger partial charge on any atom is 0.247 e. The number of nitrogens with zero attached hydrogens (tertiary/aromatic N) is 4. The summed E-state index contributed by atoms with van der Waals surface area (Å²) < 4.78 is 26.3. The fourth-order valence-corrected chi connectivity index (χ4v) is 7.46. The molecular weight excluding hydrogens is 556 g/mol. The third-order valence-electron chi connectivity index (χ3n) is 7.27. The van der Waals surface area contributed by atoms with E-state index < -0.39 is 15.9 Å². The van der Waals surface area contributed by atoms with Crippen molar-refractivity contribution in [2.24, 2.45) is 0 Å². The molecule has 5 rings (SSSR count). The van der Waals surface area contributed by atoms with Crippen molar-refractivity contribution in [1.82, 2.24) is 14.8 Å². The van der Waals surface area contributed by atoms with E-state index >= 15 is 0 Å². The van der Waals surface area contributed by atoms with Crippen molar-refractivity contribution in [3.63, 3.8) is 0 Å². The summed E-state index contributed by atoms with van der Waals surface area (Å²) in [6, 6.07) is 13.4. The van der Waals surface area contributed by atoms with Crippen LogP contribution in [-0.2, 0) is 19.4 Å². The third kappa shape index (κ3) is 6.34. The maximum atomic E-state index is 13.6. The molecule has 1 unspecified atom stereocenters. The largest absolute Gasteiger partial charge is 0.367 e. The second-order valence-corrected chi connectivity index (χ2v) is 13.6. The molecule has 0 radical (unpaired) electrons.